The normalized spacial score (nSPS) is 18.9. The summed E-state index contributed by atoms with van der Waals surface area (Å²) in [6.07, 6.45) is 6.43. The van der Waals surface area contributed by atoms with E-state index in [0.29, 0.717) is 11.4 Å². The number of hydrogen-bond donors (Lipinski definition) is 1. The van der Waals surface area contributed by atoms with Crippen molar-refractivity contribution in [1.29, 1.82) is 0 Å². The minimum atomic E-state index is -0.156. The predicted octanol–water partition coefficient (Wildman–Crippen LogP) is 2.24. The highest BCUT2D eigenvalue weighted by molar-refractivity contribution is 5.95. The van der Waals surface area contributed by atoms with Crippen molar-refractivity contribution >= 4 is 5.91 Å². The van der Waals surface area contributed by atoms with Crippen LogP contribution in [0.4, 0.5) is 0 Å². The minimum Gasteiger partial charge on any atom is -0.493 e. The molecule has 1 saturated carbocycles. The number of methoxy groups -OCH3 is 1. The van der Waals surface area contributed by atoms with E-state index in [1.165, 1.54) is 12.8 Å². The molecule has 1 saturated heterocycles. The maximum absolute atomic E-state index is 12.7. The second-order valence-corrected chi connectivity index (χ2v) is 6.84. The van der Waals surface area contributed by atoms with Gasteiger partial charge in [-0.25, -0.2) is 4.68 Å². The molecule has 0 unspecified atom stereocenters. The average Bonchev–Trinajstić information content (AvgIpc) is 3.41. The van der Waals surface area contributed by atoms with Crippen LogP contribution in [-0.2, 0) is 0 Å². The Kier molecular flexibility index (Phi) is 4.44. The summed E-state index contributed by atoms with van der Waals surface area (Å²) >= 11 is 0. The maximum Gasteiger partial charge on any atom is 0.275 e. The molecule has 1 aromatic heterocycles. The number of carbonyl (C=O) groups excluding carboxylic acids is 1. The van der Waals surface area contributed by atoms with E-state index >= 15 is 0 Å². The largest absolute Gasteiger partial charge is 0.493 e. The molecular weight excluding hydrogens is 316 g/mol. The van der Waals surface area contributed by atoms with Crippen molar-refractivity contribution in [3.05, 3.63) is 42.2 Å². The second kappa shape index (κ2) is 6.88. The summed E-state index contributed by atoms with van der Waals surface area (Å²) in [6, 6.07) is 10.7. The Balaban J connectivity index is 1.43. The van der Waals surface area contributed by atoms with Gasteiger partial charge in [-0.2, -0.15) is 5.10 Å². The number of likely N-dealkylation sites (tertiary alicyclic amines) is 1. The van der Waals surface area contributed by atoms with Crippen LogP contribution >= 0.6 is 0 Å². The maximum atomic E-state index is 12.7. The van der Waals surface area contributed by atoms with E-state index in [1.54, 1.807) is 18.0 Å². The zero-order chi connectivity index (χ0) is 17.2. The first-order valence-electron chi connectivity index (χ1n) is 8.98. The third-order valence-electron chi connectivity index (χ3n) is 5.06. The topological polar surface area (TPSA) is 59.4 Å². The van der Waals surface area contributed by atoms with Crippen molar-refractivity contribution in [1.82, 2.24) is 20.0 Å². The lowest BCUT2D eigenvalue weighted by atomic mass is 10.0. The van der Waals surface area contributed by atoms with E-state index in [4.69, 9.17) is 4.74 Å². The molecule has 0 atom stereocenters. The number of nitrogens with zero attached hydrogens (tertiary/aromatic N) is 3. The van der Waals surface area contributed by atoms with Gasteiger partial charge in [-0.1, -0.05) is 18.2 Å². The minimum absolute atomic E-state index is 0.156. The van der Waals surface area contributed by atoms with Gasteiger partial charge < -0.3 is 15.0 Å². The number of amides is 1. The number of nitrogens with one attached hydrogen (secondary N) is 1. The number of piperidine rings is 1. The summed E-state index contributed by atoms with van der Waals surface area (Å²) < 4.78 is 7.05. The van der Waals surface area contributed by atoms with Crippen molar-refractivity contribution in [2.75, 3.05) is 20.2 Å². The molecule has 1 aromatic carbocycles. The van der Waals surface area contributed by atoms with Gasteiger partial charge in [0.2, 0.25) is 0 Å². The van der Waals surface area contributed by atoms with Crippen LogP contribution in [0.5, 0.6) is 5.75 Å². The summed E-state index contributed by atoms with van der Waals surface area (Å²) in [7, 11) is 1.57. The molecule has 2 aromatic rings. The lowest BCUT2D eigenvalue weighted by Gasteiger charge is -2.32. The van der Waals surface area contributed by atoms with Crippen LogP contribution in [0.1, 0.15) is 36.2 Å². The summed E-state index contributed by atoms with van der Waals surface area (Å²) in [5.74, 6) is 0.341. The molecule has 4 rings (SSSR count). The number of aromatic nitrogens is 2. The molecule has 0 spiro atoms. The average molecular weight is 340 g/mol. The smallest absolute Gasteiger partial charge is 0.275 e. The van der Waals surface area contributed by atoms with E-state index in [2.05, 4.69) is 15.3 Å². The van der Waals surface area contributed by atoms with Crippen molar-refractivity contribution in [2.24, 2.45) is 0 Å². The molecule has 1 amide bonds. The summed E-state index contributed by atoms with van der Waals surface area (Å²) in [4.78, 5) is 15.2. The standard InChI is InChI=1S/C19H24N4O2/c1-25-17-13-23(16-5-3-2-4-6-16)21-18(17)19(24)20-14-9-11-22(12-10-14)15-7-8-15/h2-6,13-15H,7-12H2,1H3,(H,20,24). The Bertz CT molecular complexity index is 731. The number of hydrogen-bond acceptors (Lipinski definition) is 4. The molecule has 6 heteroatoms. The number of carbonyl (C=O) groups is 1. The summed E-state index contributed by atoms with van der Waals surface area (Å²) in [6.45, 7) is 2.15. The van der Waals surface area contributed by atoms with Gasteiger partial charge in [-0.05, 0) is 37.8 Å². The molecule has 25 heavy (non-hydrogen) atoms. The van der Waals surface area contributed by atoms with E-state index in [1.807, 2.05) is 30.3 Å². The van der Waals surface area contributed by atoms with Crippen LogP contribution in [-0.4, -0.2) is 52.9 Å². The predicted molar refractivity (Wildman–Crippen MR) is 95.2 cm³/mol. The van der Waals surface area contributed by atoms with Crippen LogP contribution < -0.4 is 10.1 Å². The van der Waals surface area contributed by atoms with E-state index in [0.717, 1.165) is 37.7 Å². The van der Waals surface area contributed by atoms with Crippen LogP contribution in [0.25, 0.3) is 5.69 Å². The Morgan fingerprint density at radius 2 is 1.88 bits per heavy atom. The molecular formula is C19H24N4O2. The van der Waals surface area contributed by atoms with Crippen molar-refractivity contribution in [3.8, 4) is 11.4 Å². The second-order valence-electron chi connectivity index (χ2n) is 6.84. The van der Waals surface area contributed by atoms with E-state index in [9.17, 15) is 4.79 Å². The molecule has 1 N–H and O–H groups in total. The Hall–Kier alpha value is -2.34. The first-order valence-corrected chi connectivity index (χ1v) is 8.98. The van der Waals surface area contributed by atoms with Gasteiger partial charge in [0, 0.05) is 25.2 Å². The fourth-order valence-electron chi connectivity index (χ4n) is 3.48. The Labute approximate surface area is 147 Å². The highest BCUT2D eigenvalue weighted by atomic mass is 16.5. The quantitative estimate of drug-likeness (QED) is 0.907. The lowest BCUT2D eigenvalue weighted by molar-refractivity contribution is 0.0900. The first-order chi connectivity index (χ1) is 12.2. The molecule has 1 aliphatic carbocycles. The van der Waals surface area contributed by atoms with Gasteiger partial charge >= 0.3 is 0 Å². The SMILES string of the molecule is COc1cn(-c2ccccc2)nc1C(=O)NC1CCN(C2CC2)CC1. The lowest BCUT2D eigenvalue weighted by Crippen LogP contribution is -2.45. The van der Waals surface area contributed by atoms with Crippen molar-refractivity contribution in [2.45, 2.75) is 37.8 Å². The Morgan fingerprint density at radius 1 is 1.16 bits per heavy atom. The number of benzene rings is 1. The number of para-hydroxylation sites is 1. The molecule has 2 heterocycles. The zero-order valence-electron chi connectivity index (χ0n) is 14.5. The van der Waals surface area contributed by atoms with Crippen molar-refractivity contribution in [3.63, 3.8) is 0 Å². The van der Waals surface area contributed by atoms with Crippen LogP contribution in [0.15, 0.2) is 36.5 Å². The van der Waals surface area contributed by atoms with Gasteiger partial charge in [-0.15, -0.1) is 0 Å². The van der Waals surface area contributed by atoms with E-state index < -0.39 is 0 Å². The van der Waals surface area contributed by atoms with Crippen LogP contribution in [0.2, 0.25) is 0 Å². The molecule has 2 fully saturated rings. The van der Waals surface area contributed by atoms with Crippen LogP contribution in [0.3, 0.4) is 0 Å². The fourth-order valence-corrected chi connectivity index (χ4v) is 3.48. The number of rotatable bonds is 5. The van der Waals surface area contributed by atoms with Gasteiger partial charge in [-0.3, -0.25) is 4.79 Å². The molecule has 1 aliphatic heterocycles. The highest BCUT2D eigenvalue weighted by Crippen LogP contribution is 2.29. The summed E-state index contributed by atoms with van der Waals surface area (Å²) in [5.41, 5.74) is 1.24. The van der Waals surface area contributed by atoms with Crippen molar-refractivity contribution < 1.29 is 9.53 Å². The van der Waals surface area contributed by atoms with Gasteiger partial charge in [0.25, 0.3) is 5.91 Å². The molecule has 6 nitrogen and oxygen atoms in total. The highest BCUT2D eigenvalue weighted by Gasteiger charge is 2.32. The molecule has 2 aliphatic rings. The Morgan fingerprint density at radius 3 is 2.52 bits per heavy atom. The van der Waals surface area contributed by atoms with E-state index in [-0.39, 0.29) is 11.9 Å². The molecule has 0 bridgehead atoms. The fraction of sp³-hybridized carbons (Fsp3) is 0.474. The molecule has 0 radical (unpaired) electrons. The zero-order valence-corrected chi connectivity index (χ0v) is 14.5. The van der Waals surface area contributed by atoms with Crippen LogP contribution in [0, 0.1) is 0 Å². The molecule has 132 valence electrons. The monoisotopic (exact) mass is 340 g/mol. The third-order valence-corrected chi connectivity index (χ3v) is 5.06. The van der Waals surface area contributed by atoms with Gasteiger partial charge in [0.15, 0.2) is 11.4 Å². The summed E-state index contributed by atoms with van der Waals surface area (Å²) in [5, 5.41) is 7.57. The van der Waals surface area contributed by atoms with Gasteiger partial charge in [0.05, 0.1) is 19.0 Å². The van der Waals surface area contributed by atoms with Gasteiger partial charge in [0.1, 0.15) is 0 Å². The number of ether oxygens (including phenoxy) is 1. The first kappa shape index (κ1) is 16.1. The third kappa shape index (κ3) is 3.54.